The molecule has 4 rings (SSSR count). The van der Waals surface area contributed by atoms with E-state index >= 15 is 0 Å². The van der Waals surface area contributed by atoms with Gasteiger partial charge in [0.05, 0.1) is 28.9 Å². The SMILES string of the molecule is COc1cc2ncc(C#N)c(Nc3ccc(Sc4nccs4)c(Cl)c3)c2cc1[NH+]([O-])O. The molecule has 0 saturated carbocycles. The Hall–Kier alpha value is -2.91. The quantitative estimate of drug-likeness (QED) is 0.351. The second kappa shape index (κ2) is 9.07. The highest BCUT2D eigenvalue weighted by Crippen LogP contribution is 2.38. The van der Waals surface area contributed by atoms with E-state index < -0.39 is 5.23 Å². The molecule has 2 aromatic carbocycles. The molecule has 8 nitrogen and oxygen atoms in total. The third-order valence-electron chi connectivity index (χ3n) is 4.35. The minimum Gasteiger partial charge on any atom is -0.595 e. The van der Waals surface area contributed by atoms with Gasteiger partial charge in [0.25, 0.3) is 0 Å². The van der Waals surface area contributed by atoms with Crippen molar-refractivity contribution in [3.05, 3.63) is 63.9 Å². The molecule has 2 aromatic heterocycles. The summed E-state index contributed by atoms with van der Waals surface area (Å²) in [5, 5.41) is 35.7. The van der Waals surface area contributed by atoms with Gasteiger partial charge in [-0.3, -0.25) is 4.98 Å². The van der Waals surface area contributed by atoms with E-state index in [9.17, 15) is 15.7 Å². The van der Waals surface area contributed by atoms with Crippen molar-refractivity contribution in [2.24, 2.45) is 0 Å². The summed E-state index contributed by atoms with van der Waals surface area (Å²) in [7, 11) is 1.39. The first-order chi connectivity index (χ1) is 15.0. The van der Waals surface area contributed by atoms with Crippen molar-refractivity contribution in [2.75, 3.05) is 12.4 Å². The number of thiazole rings is 1. The molecule has 0 fully saturated rings. The molecule has 1 unspecified atom stereocenters. The maximum atomic E-state index is 11.7. The summed E-state index contributed by atoms with van der Waals surface area (Å²) in [4.78, 5) is 9.36. The zero-order chi connectivity index (χ0) is 22.0. The molecule has 0 aliphatic carbocycles. The van der Waals surface area contributed by atoms with Crippen LogP contribution in [0.25, 0.3) is 10.9 Å². The lowest BCUT2D eigenvalue weighted by Gasteiger charge is -2.17. The van der Waals surface area contributed by atoms with E-state index in [0.29, 0.717) is 27.3 Å². The average molecular weight is 472 g/mol. The lowest BCUT2D eigenvalue weighted by Crippen LogP contribution is -2.99. The van der Waals surface area contributed by atoms with Crippen molar-refractivity contribution >= 4 is 62.7 Å². The number of hydrogen-bond donors (Lipinski definition) is 3. The van der Waals surface area contributed by atoms with Crippen LogP contribution in [0.4, 0.5) is 17.1 Å². The fourth-order valence-electron chi connectivity index (χ4n) is 2.94. The Balaban J connectivity index is 1.76. The first-order valence-electron chi connectivity index (χ1n) is 8.78. The number of aromatic nitrogens is 2. The molecule has 156 valence electrons. The number of nitrogens with zero attached hydrogens (tertiary/aromatic N) is 3. The fourth-order valence-corrected chi connectivity index (χ4v) is 4.81. The van der Waals surface area contributed by atoms with Gasteiger partial charge in [-0.25, -0.2) is 10.2 Å². The number of rotatable bonds is 6. The number of nitriles is 1. The molecule has 0 amide bonds. The molecule has 0 saturated heterocycles. The monoisotopic (exact) mass is 471 g/mol. The van der Waals surface area contributed by atoms with Crippen LogP contribution in [0.1, 0.15) is 5.56 Å². The molecule has 1 atom stereocenters. The zero-order valence-corrected chi connectivity index (χ0v) is 18.3. The number of pyridine rings is 1. The zero-order valence-electron chi connectivity index (χ0n) is 15.9. The minimum atomic E-state index is -1.14. The number of nitrogens with one attached hydrogen (secondary N) is 2. The summed E-state index contributed by atoms with van der Waals surface area (Å²) in [6.45, 7) is 0. The van der Waals surface area contributed by atoms with Crippen LogP contribution in [0.5, 0.6) is 5.75 Å². The smallest absolute Gasteiger partial charge is 0.206 e. The van der Waals surface area contributed by atoms with Gasteiger partial charge in [-0.05, 0) is 18.2 Å². The molecule has 2 heterocycles. The van der Waals surface area contributed by atoms with Gasteiger partial charge >= 0.3 is 0 Å². The van der Waals surface area contributed by atoms with E-state index in [-0.39, 0.29) is 17.0 Å². The molecule has 11 heteroatoms. The van der Waals surface area contributed by atoms with Crippen molar-refractivity contribution in [3.63, 3.8) is 0 Å². The molecule has 0 radical (unpaired) electrons. The standard InChI is InChI=1S/C20H14ClN5O3S2/c1-29-17-8-15-13(7-16(17)26(27)28)19(11(9-22)10-24-15)25-12-2-3-18(14(21)6-12)31-20-23-4-5-30-20/h2-8,10,26-27H,1H3,(H,24,25). The van der Waals surface area contributed by atoms with Gasteiger partial charge in [0.1, 0.15) is 6.07 Å². The summed E-state index contributed by atoms with van der Waals surface area (Å²) in [6.07, 6.45) is 3.16. The average Bonchev–Trinajstić information content (AvgIpc) is 3.28. The molecule has 0 aliphatic rings. The van der Waals surface area contributed by atoms with Gasteiger partial charge in [-0.15, -0.1) is 11.3 Å². The summed E-state index contributed by atoms with van der Waals surface area (Å²) >= 11 is 9.44. The Labute approximate surface area is 190 Å². The summed E-state index contributed by atoms with van der Waals surface area (Å²) in [6, 6.07) is 10.5. The molecule has 0 bridgehead atoms. The predicted octanol–water partition coefficient (Wildman–Crippen LogP) is 4.52. The minimum absolute atomic E-state index is 0.0248. The highest BCUT2D eigenvalue weighted by Gasteiger charge is 2.17. The Kier molecular flexibility index (Phi) is 6.24. The van der Waals surface area contributed by atoms with E-state index in [1.807, 2.05) is 17.5 Å². The molecule has 31 heavy (non-hydrogen) atoms. The predicted molar refractivity (Wildman–Crippen MR) is 120 cm³/mol. The number of quaternary nitrogens is 1. The number of benzene rings is 2. The second-order valence-corrected chi connectivity index (χ2v) is 8.79. The lowest BCUT2D eigenvalue weighted by atomic mass is 10.1. The van der Waals surface area contributed by atoms with E-state index in [4.69, 9.17) is 16.3 Å². The van der Waals surface area contributed by atoms with Crippen molar-refractivity contribution in [2.45, 2.75) is 9.24 Å². The third-order valence-corrected chi connectivity index (χ3v) is 6.73. The number of ether oxygens (including phenoxy) is 1. The molecule has 0 aliphatic heterocycles. The van der Waals surface area contributed by atoms with E-state index in [2.05, 4.69) is 21.4 Å². The first-order valence-corrected chi connectivity index (χ1v) is 10.9. The topological polar surface area (TPSA) is 119 Å². The highest BCUT2D eigenvalue weighted by atomic mass is 35.5. The van der Waals surface area contributed by atoms with Crippen LogP contribution in [0, 0.1) is 16.5 Å². The Morgan fingerprint density at radius 1 is 1.32 bits per heavy atom. The Morgan fingerprint density at radius 2 is 2.16 bits per heavy atom. The number of halogens is 1. The number of hydrogen-bond acceptors (Lipinski definition) is 9. The van der Waals surface area contributed by atoms with Crippen LogP contribution < -0.4 is 15.3 Å². The summed E-state index contributed by atoms with van der Waals surface area (Å²) < 4.78 is 6.05. The van der Waals surface area contributed by atoms with Crippen LogP contribution in [0.3, 0.4) is 0 Å². The molecule has 4 aromatic rings. The van der Waals surface area contributed by atoms with Gasteiger partial charge in [0.15, 0.2) is 10.1 Å². The van der Waals surface area contributed by atoms with Gasteiger partial charge in [-0.1, -0.05) is 23.4 Å². The van der Waals surface area contributed by atoms with Crippen LogP contribution in [0.2, 0.25) is 5.02 Å². The fraction of sp³-hybridized carbons (Fsp3) is 0.0500. The van der Waals surface area contributed by atoms with Crippen LogP contribution in [-0.2, 0) is 0 Å². The van der Waals surface area contributed by atoms with Crippen molar-refractivity contribution in [1.82, 2.24) is 9.97 Å². The van der Waals surface area contributed by atoms with Gasteiger partial charge in [0.2, 0.25) is 5.69 Å². The van der Waals surface area contributed by atoms with Crippen molar-refractivity contribution < 1.29 is 15.2 Å². The maximum absolute atomic E-state index is 11.7. The van der Waals surface area contributed by atoms with E-state index in [1.54, 1.807) is 12.3 Å². The highest BCUT2D eigenvalue weighted by molar-refractivity contribution is 8.01. The van der Waals surface area contributed by atoms with Gasteiger partial charge < -0.3 is 15.3 Å². The van der Waals surface area contributed by atoms with Crippen LogP contribution in [0.15, 0.2) is 57.3 Å². The molecular formula is C20H14ClN5O3S2. The summed E-state index contributed by atoms with van der Waals surface area (Å²) in [5.74, 6) is 0.190. The molecule has 0 spiro atoms. The van der Waals surface area contributed by atoms with Crippen LogP contribution in [-0.4, -0.2) is 22.3 Å². The summed E-state index contributed by atoms with van der Waals surface area (Å²) in [5.41, 5.74) is 1.82. The first kappa shape index (κ1) is 21.3. The second-order valence-electron chi connectivity index (χ2n) is 6.20. The van der Waals surface area contributed by atoms with Gasteiger partial charge in [-0.2, -0.15) is 10.5 Å². The Bertz CT molecular complexity index is 1290. The third kappa shape index (κ3) is 4.42. The van der Waals surface area contributed by atoms with Gasteiger partial charge in [0, 0.05) is 45.9 Å². The van der Waals surface area contributed by atoms with Crippen LogP contribution >= 0.6 is 34.7 Å². The van der Waals surface area contributed by atoms with Crippen molar-refractivity contribution in [1.29, 1.82) is 5.26 Å². The number of anilines is 2. The number of fused-ring (bicyclic) bond motifs is 1. The number of methoxy groups -OCH3 is 1. The van der Waals surface area contributed by atoms with E-state index in [1.165, 1.54) is 48.5 Å². The van der Waals surface area contributed by atoms with Crippen molar-refractivity contribution in [3.8, 4) is 11.8 Å². The lowest BCUT2D eigenvalue weighted by molar-refractivity contribution is -0.991. The van der Waals surface area contributed by atoms with E-state index in [0.717, 1.165) is 9.24 Å². The normalized spacial score (nSPS) is 11.8. The molecule has 3 N–H and O–H groups in total. The Morgan fingerprint density at radius 3 is 2.81 bits per heavy atom. The largest absolute Gasteiger partial charge is 0.595 e. The maximum Gasteiger partial charge on any atom is 0.206 e. The molecular weight excluding hydrogens is 458 g/mol.